The maximum atomic E-state index is 11.1. The van der Waals surface area contributed by atoms with Gasteiger partial charge >= 0.3 is 5.97 Å². The Morgan fingerprint density at radius 1 is 1.67 bits per heavy atom. The standard InChI is InChI=1S/C10H16N2O3/c1-8(2)12(7-10(13)14-3)6-9-4-5-11-15-9/h4-5,8H,6-7H2,1-3H3. The second kappa shape index (κ2) is 5.50. The van der Waals surface area contributed by atoms with Crippen LogP contribution in [0.2, 0.25) is 0 Å². The molecule has 0 aliphatic rings. The molecule has 0 aliphatic carbocycles. The quantitative estimate of drug-likeness (QED) is 0.683. The van der Waals surface area contributed by atoms with Gasteiger partial charge in [0.1, 0.15) is 0 Å². The van der Waals surface area contributed by atoms with Gasteiger partial charge in [0.05, 0.1) is 26.4 Å². The van der Waals surface area contributed by atoms with Crippen LogP contribution in [-0.4, -0.2) is 35.7 Å². The predicted molar refractivity (Wildman–Crippen MR) is 54.1 cm³/mol. The van der Waals surface area contributed by atoms with Crippen LogP contribution < -0.4 is 0 Å². The summed E-state index contributed by atoms with van der Waals surface area (Å²) in [4.78, 5) is 13.1. The molecule has 1 aromatic rings. The first-order valence-electron chi connectivity index (χ1n) is 4.84. The Morgan fingerprint density at radius 3 is 2.87 bits per heavy atom. The molecule has 84 valence electrons. The number of methoxy groups -OCH3 is 1. The summed E-state index contributed by atoms with van der Waals surface area (Å²) in [5, 5.41) is 3.62. The van der Waals surface area contributed by atoms with Gasteiger partial charge in [0.25, 0.3) is 0 Å². The highest BCUT2D eigenvalue weighted by Crippen LogP contribution is 2.07. The van der Waals surface area contributed by atoms with Crippen molar-refractivity contribution < 1.29 is 14.1 Å². The Bertz CT molecular complexity index is 296. The molecule has 1 heterocycles. The molecule has 0 atom stereocenters. The molecule has 1 aromatic heterocycles. The van der Waals surface area contributed by atoms with Crippen molar-refractivity contribution in [1.82, 2.24) is 10.1 Å². The van der Waals surface area contributed by atoms with Crippen LogP contribution in [0.3, 0.4) is 0 Å². The molecule has 0 saturated heterocycles. The van der Waals surface area contributed by atoms with Crippen molar-refractivity contribution in [2.45, 2.75) is 26.4 Å². The van der Waals surface area contributed by atoms with Crippen LogP contribution in [0.5, 0.6) is 0 Å². The Labute approximate surface area is 89.0 Å². The van der Waals surface area contributed by atoms with Gasteiger partial charge in [-0.25, -0.2) is 0 Å². The minimum atomic E-state index is -0.247. The lowest BCUT2D eigenvalue weighted by Crippen LogP contribution is -2.35. The van der Waals surface area contributed by atoms with E-state index in [4.69, 9.17) is 4.52 Å². The van der Waals surface area contributed by atoms with Crippen molar-refractivity contribution in [2.75, 3.05) is 13.7 Å². The van der Waals surface area contributed by atoms with Crippen LogP contribution in [0.1, 0.15) is 19.6 Å². The monoisotopic (exact) mass is 212 g/mol. The average Bonchev–Trinajstić information content (AvgIpc) is 2.69. The van der Waals surface area contributed by atoms with E-state index in [1.54, 1.807) is 12.3 Å². The summed E-state index contributed by atoms with van der Waals surface area (Å²) in [6, 6.07) is 2.03. The SMILES string of the molecule is COC(=O)CN(Cc1ccno1)C(C)C. The summed E-state index contributed by atoms with van der Waals surface area (Å²) in [5.41, 5.74) is 0. The first-order valence-corrected chi connectivity index (χ1v) is 4.84. The van der Waals surface area contributed by atoms with Gasteiger partial charge in [0.2, 0.25) is 0 Å². The molecule has 0 saturated carbocycles. The van der Waals surface area contributed by atoms with Crippen molar-refractivity contribution in [3.63, 3.8) is 0 Å². The van der Waals surface area contributed by atoms with Gasteiger partial charge in [0.15, 0.2) is 5.76 Å². The Kier molecular flexibility index (Phi) is 4.30. The first kappa shape index (κ1) is 11.7. The third-order valence-electron chi connectivity index (χ3n) is 2.14. The van der Waals surface area contributed by atoms with Gasteiger partial charge in [-0.2, -0.15) is 0 Å². The number of hydrogen-bond donors (Lipinski definition) is 0. The van der Waals surface area contributed by atoms with E-state index in [0.29, 0.717) is 6.54 Å². The molecule has 0 unspecified atom stereocenters. The second-order valence-corrected chi connectivity index (χ2v) is 3.55. The third kappa shape index (κ3) is 3.71. The molecule has 5 nitrogen and oxygen atoms in total. The number of carbonyl (C=O) groups excluding carboxylic acids is 1. The van der Waals surface area contributed by atoms with Gasteiger partial charge in [-0.05, 0) is 13.8 Å². The van der Waals surface area contributed by atoms with E-state index in [1.807, 2.05) is 18.7 Å². The second-order valence-electron chi connectivity index (χ2n) is 3.55. The lowest BCUT2D eigenvalue weighted by atomic mass is 10.3. The van der Waals surface area contributed by atoms with Crippen LogP contribution in [0.25, 0.3) is 0 Å². The summed E-state index contributed by atoms with van der Waals surface area (Å²) < 4.78 is 9.61. The Hall–Kier alpha value is -1.36. The fourth-order valence-electron chi connectivity index (χ4n) is 1.18. The number of aromatic nitrogens is 1. The van der Waals surface area contributed by atoms with Crippen LogP contribution in [0.4, 0.5) is 0 Å². The van der Waals surface area contributed by atoms with Crippen LogP contribution >= 0.6 is 0 Å². The summed E-state index contributed by atoms with van der Waals surface area (Å²) in [7, 11) is 1.38. The molecule has 5 heteroatoms. The minimum Gasteiger partial charge on any atom is -0.468 e. The average molecular weight is 212 g/mol. The molecule has 0 aromatic carbocycles. The summed E-state index contributed by atoms with van der Waals surface area (Å²) in [6.07, 6.45) is 1.59. The van der Waals surface area contributed by atoms with Crippen molar-refractivity contribution in [2.24, 2.45) is 0 Å². The minimum absolute atomic E-state index is 0.245. The van der Waals surface area contributed by atoms with Gasteiger partial charge in [-0.1, -0.05) is 5.16 Å². The fourth-order valence-corrected chi connectivity index (χ4v) is 1.18. The summed E-state index contributed by atoms with van der Waals surface area (Å²) >= 11 is 0. The molecule has 0 bridgehead atoms. The number of ether oxygens (including phenoxy) is 1. The molecule has 0 spiro atoms. The van der Waals surface area contributed by atoms with E-state index in [-0.39, 0.29) is 18.6 Å². The largest absolute Gasteiger partial charge is 0.468 e. The molecule has 0 aliphatic heterocycles. The highest BCUT2D eigenvalue weighted by atomic mass is 16.5. The highest BCUT2D eigenvalue weighted by Gasteiger charge is 2.16. The zero-order valence-corrected chi connectivity index (χ0v) is 9.27. The van der Waals surface area contributed by atoms with E-state index in [0.717, 1.165) is 5.76 Å². The molecule has 1 rings (SSSR count). The Balaban J connectivity index is 2.55. The Morgan fingerprint density at radius 2 is 2.40 bits per heavy atom. The molecule has 15 heavy (non-hydrogen) atoms. The number of rotatable bonds is 5. The number of carbonyl (C=O) groups is 1. The normalized spacial score (nSPS) is 11.0. The van der Waals surface area contributed by atoms with E-state index >= 15 is 0 Å². The van der Waals surface area contributed by atoms with Gasteiger partial charge < -0.3 is 9.26 Å². The topological polar surface area (TPSA) is 55.6 Å². The summed E-state index contributed by atoms with van der Waals surface area (Å²) in [6.45, 7) is 4.85. The predicted octanol–water partition coefficient (Wildman–Crippen LogP) is 1.06. The highest BCUT2D eigenvalue weighted by molar-refractivity contribution is 5.71. The van der Waals surface area contributed by atoms with Crippen molar-refractivity contribution in [1.29, 1.82) is 0 Å². The molecule has 0 fully saturated rings. The van der Waals surface area contributed by atoms with Gasteiger partial charge in [0, 0.05) is 12.1 Å². The molecule has 0 N–H and O–H groups in total. The van der Waals surface area contributed by atoms with Crippen LogP contribution in [0, 0.1) is 0 Å². The van der Waals surface area contributed by atoms with E-state index in [9.17, 15) is 4.79 Å². The lowest BCUT2D eigenvalue weighted by Gasteiger charge is -2.23. The number of esters is 1. The molecular weight excluding hydrogens is 196 g/mol. The van der Waals surface area contributed by atoms with E-state index in [2.05, 4.69) is 9.89 Å². The van der Waals surface area contributed by atoms with Gasteiger partial charge in [-0.3, -0.25) is 9.69 Å². The smallest absolute Gasteiger partial charge is 0.319 e. The van der Waals surface area contributed by atoms with E-state index in [1.165, 1.54) is 7.11 Å². The zero-order chi connectivity index (χ0) is 11.3. The number of hydrogen-bond acceptors (Lipinski definition) is 5. The van der Waals surface area contributed by atoms with Gasteiger partial charge in [-0.15, -0.1) is 0 Å². The third-order valence-corrected chi connectivity index (χ3v) is 2.14. The zero-order valence-electron chi connectivity index (χ0n) is 9.27. The van der Waals surface area contributed by atoms with Crippen molar-refractivity contribution in [3.8, 4) is 0 Å². The molecular formula is C10H16N2O3. The van der Waals surface area contributed by atoms with E-state index < -0.39 is 0 Å². The van der Waals surface area contributed by atoms with Crippen LogP contribution in [-0.2, 0) is 16.1 Å². The first-order chi connectivity index (χ1) is 7.13. The molecule has 0 radical (unpaired) electrons. The number of nitrogens with zero attached hydrogens (tertiary/aromatic N) is 2. The fraction of sp³-hybridized carbons (Fsp3) is 0.600. The maximum absolute atomic E-state index is 11.1. The van der Waals surface area contributed by atoms with Crippen LogP contribution in [0.15, 0.2) is 16.8 Å². The molecule has 0 amide bonds. The maximum Gasteiger partial charge on any atom is 0.319 e. The summed E-state index contributed by atoms with van der Waals surface area (Å²) in [5.74, 6) is 0.496. The van der Waals surface area contributed by atoms with Crippen molar-refractivity contribution >= 4 is 5.97 Å². The lowest BCUT2D eigenvalue weighted by molar-refractivity contribution is -0.142. The van der Waals surface area contributed by atoms with Crippen molar-refractivity contribution in [3.05, 3.63) is 18.0 Å².